The van der Waals surface area contributed by atoms with E-state index in [-0.39, 0.29) is 11.5 Å². The van der Waals surface area contributed by atoms with E-state index in [1.165, 1.54) is 6.26 Å². The molecule has 24 heavy (non-hydrogen) atoms. The van der Waals surface area contributed by atoms with Crippen molar-refractivity contribution in [2.24, 2.45) is 0 Å². The number of carboxylic acid groups (broad SMARTS) is 1. The van der Waals surface area contributed by atoms with E-state index in [2.05, 4.69) is 9.88 Å². The molecule has 1 unspecified atom stereocenters. The monoisotopic (exact) mass is 326 g/mol. The maximum absolute atomic E-state index is 10.9. The molecule has 0 aliphatic carbocycles. The average Bonchev–Trinajstić information content (AvgIpc) is 3.21. The van der Waals surface area contributed by atoms with Crippen molar-refractivity contribution in [3.05, 3.63) is 53.8 Å². The van der Waals surface area contributed by atoms with Crippen molar-refractivity contribution < 1.29 is 18.7 Å². The number of furan rings is 1. The van der Waals surface area contributed by atoms with Gasteiger partial charge in [-0.2, -0.15) is 0 Å². The van der Waals surface area contributed by atoms with Crippen LogP contribution in [0.25, 0.3) is 11.1 Å². The van der Waals surface area contributed by atoms with Crippen molar-refractivity contribution >= 4 is 17.1 Å². The summed E-state index contributed by atoms with van der Waals surface area (Å²) < 4.78 is 11.3. The summed E-state index contributed by atoms with van der Waals surface area (Å²) in [5.41, 5.74) is 1.90. The summed E-state index contributed by atoms with van der Waals surface area (Å²) in [7, 11) is 0. The third kappa shape index (κ3) is 2.92. The van der Waals surface area contributed by atoms with Gasteiger partial charge in [0, 0.05) is 12.5 Å². The van der Waals surface area contributed by atoms with Crippen LogP contribution in [0.5, 0.6) is 0 Å². The molecule has 1 aliphatic heterocycles. The highest BCUT2D eigenvalue weighted by molar-refractivity contribution is 5.87. The van der Waals surface area contributed by atoms with Crippen molar-refractivity contribution in [2.75, 3.05) is 13.1 Å². The molecular weight excluding hydrogens is 308 g/mol. The van der Waals surface area contributed by atoms with Crippen LogP contribution in [0, 0.1) is 0 Å². The highest BCUT2D eigenvalue weighted by atomic mass is 16.4. The van der Waals surface area contributed by atoms with E-state index in [4.69, 9.17) is 13.9 Å². The number of nitrogens with zero attached hydrogens (tertiary/aromatic N) is 2. The Labute approximate surface area is 138 Å². The summed E-state index contributed by atoms with van der Waals surface area (Å²) in [6.45, 7) is 2.39. The van der Waals surface area contributed by atoms with Crippen LogP contribution >= 0.6 is 0 Å². The van der Waals surface area contributed by atoms with E-state index in [0.717, 1.165) is 42.9 Å². The first-order valence-electron chi connectivity index (χ1n) is 8.07. The first-order chi connectivity index (χ1) is 11.7. The summed E-state index contributed by atoms with van der Waals surface area (Å²) in [5, 5.41) is 8.97. The van der Waals surface area contributed by atoms with E-state index in [9.17, 15) is 4.79 Å². The number of para-hydroxylation sites is 2. The van der Waals surface area contributed by atoms with Gasteiger partial charge >= 0.3 is 5.97 Å². The van der Waals surface area contributed by atoms with Crippen LogP contribution in [-0.4, -0.2) is 34.0 Å². The van der Waals surface area contributed by atoms with E-state index >= 15 is 0 Å². The second-order valence-corrected chi connectivity index (χ2v) is 6.20. The van der Waals surface area contributed by atoms with Crippen molar-refractivity contribution in [2.45, 2.75) is 25.3 Å². The molecule has 0 radical (unpaired) electrons. The van der Waals surface area contributed by atoms with Gasteiger partial charge in [0.05, 0.1) is 12.1 Å². The summed E-state index contributed by atoms with van der Waals surface area (Å²) in [6, 6.07) is 9.38. The molecule has 6 nitrogen and oxygen atoms in total. The lowest BCUT2D eigenvalue weighted by Gasteiger charge is -2.30. The smallest absolute Gasteiger partial charge is 0.338 e. The first-order valence-corrected chi connectivity index (χ1v) is 8.07. The van der Waals surface area contributed by atoms with Gasteiger partial charge in [-0.3, -0.25) is 4.90 Å². The SMILES string of the molecule is O=C(O)c1coc(CN2CCCC(c3nc4ccccc4o3)C2)c1. The molecule has 0 saturated carbocycles. The minimum absolute atomic E-state index is 0.192. The zero-order valence-electron chi connectivity index (χ0n) is 13.1. The van der Waals surface area contributed by atoms with Gasteiger partial charge < -0.3 is 13.9 Å². The summed E-state index contributed by atoms with van der Waals surface area (Å²) >= 11 is 0. The van der Waals surface area contributed by atoms with Gasteiger partial charge in [-0.25, -0.2) is 9.78 Å². The van der Waals surface area contributed by atoms with Crippen LogP contribution in [0.2, 0.25) is 0 Å². The predicted octanol–water partition coefficient (Wildman–Crippen LogP) is 3.50. The Morgan fingerprint density at radius 2 is 2.25 bits per heavy atom. The number of carbonyl (C=O) groups is 1. The third-order valence-corrected chi connectivity index (χ3v) is 4.45. The Kier molecular flexibility index (Phi) is 3.82. The fraction of sp³-hybridized carbons (Fsp3) is 0.333. The Hall–Kier alpha value is -2.60. The highest BCUT2D eigenvalue weighted by Crippen LogP contribution is 2.29. The predicted molar refractivity (Wildman–Crippen MR) is 86.9 cm³/mol. The van der Waals surface area contributed by atoms with Crippen molar-refractivity contribution in [1.29, 1.82) is 0 Å². The molecule has 3 aromatic rings. The molecule has 0 bridgehead atoms. The van der Waals surface area contributed by atoms with Gasteiger partial charge in [0.1, 0.15) is 17.5 Å². The highest BCUT2D eigenvalue weighted by Gasteiger charge is 2.26. The summed E-state index contributed by atoms with van der Waals surface area (Å²) in [5.74, 6) is 0.741. The van der Waals surface area contributed by atoms with Crippen LogP contribution in [0.4, 0.5) is 0 Å². The fourth-order valence-corrected chi connectivity index (χ4v) is 3.26. The van der Waals surface area contributed by atoms with Crippen molar-refractivity contribution in [3.8, 4) is 0 Å². The molecule has 6 heteroatoms. The molecule has 1 saturated heterocycles. The van der Waals surface area contributed by atoms with Gasteiger partial charge in [0.25, 0.3) is 0 Å². The van der Waals surface area contributed by atoms with Gasteiger partial charge in [-0.05, 0) is 37.6 Å². The lowest BCUT2D eigenvalue weighted by atomic mass is 9.98. The summed E-state index contributed by atoms with van der Waals surface area (Å²) in [4.78, 5) is 17.8. The van der Waals surface area contributed by atoms with Gasteiger partial charge in [-0.1, -0.05) is 12.1 Å². The van der Waals surface area contributed by atoms with Crippen LogP contribution < -0.4 is 0 Å². The molecule has 2 aromatic heterocycles. The van der Waals surface area contributed by atoms with Crippen molar-refractivity contribution in [1.82, 2.24) is 9.88 Å². The molecule has 0 amide bonds. The second kappa shape index (κ2) is 6.13. The molecule has 1 atom stereocenters. The Balaban J connectivity index is 1.47. The van der Waals surface area contributed by atoms with Crippen LogP contribution in [0.15, 0.2) is 45.4 Å². The number of benzene rings is 1. The Morgan fingerprint density at radius 1 is 1.38 bits per heavy atom. The van der Waals surface area contributed by atoms with Crippen LogP contribution in [-0.2, 0) is 6.54 Å². The fourth-order valence-electron chi connectivity index (χ4n) is 3.26. The second-order valence-electron chi connectivity index (χ2n) is 6.20. The zero-order chi connectivity index (χ0) is 16.5. The molecule has 124 valence electrons. The lowest BCUT2D eigenvalue weighted by Crippen LogP contribution is -2.33. The molecule has 1 aromatic carbocycles. The van der Waals surface area contributed by atoms with Gasteiger partial charge in [0.15, 0.2) is 11.5 Å². The minimum atomic E-state index is -0.965. The van der Waals surface area contributed by atoms with Gasteiger partial charge in [-0.15, -0.1) is 0 Å². The molecule has 3 heterocycles. The largest absolute Gasteiger partial charge is 0.478 e. The number of hydrogen-bond donors (Lipinski definition) is 1. The molecular formula is C18H18N2O4. The zero-order valence-corrected chi connectivity index (χ0v) is 13.1. The molecule has 1 N–H and O–H groups in total. The van der Waals surface area contributed by atoms with Crippen LogP contribution in [0.1, 0.15) is 40.8 Å². The average molecular weight is 326 g/mol. The number of aromatic nitrogens is 1. The Morgan fingerprint density at radius 3 is 3.04 bits per heavy atom. The molecule has 4 rings (SSSR count). The summed E-state index contributed by atoms with van der Waals surface area (Å²) in [6.07, 6.45) is 3.39. The third-order valence-electron chi connectivity index (χ3n) is 4.45. The number of fused-ring (bicyclic) bond motifs is 1. The van der Waals surface area contributed by atoms with E-state index in [1.54, 1.807) is 6.07 Å². The maximum Gasteiger partial charge on any atom is 0.338 e. The number of carboxylic acids is 1. The lowest BCUT2D eigenvalue weighted by molar-refractivity contribution is 0.0696. The quantitative estimate of drug-likeness (QED) is 0.790. The molecule has 1 fully saturated rings. The number of likely N-dealkylation sites (tertiary alicyclic amines) is 1. The maximum atomic E-state index is 10.9. The van der Waals surface area contributed by atoms with E-state index < -0.39 is 5.97 Å². The Bertz CT molecular complexity index is 834. The van der Waals surface area contributed by atoms with Crippen molar-refractivity contribution in [3.63, 3.8) is 0 Å². The number of aromatic carboxylic acids is 1. The van der Waals surface area contributed by atoms with E-state index in [1.807, 2.05) is 24.3 Å². The van der Waals surface area contributed by atoms with E-state index in [0.29, 0.717) is 12.3 Å². The standard InChI is InChI=1S/C18H18N2O4/c21-18(22)13-8-14(23-11-13)10-20-7-3-4-12(9-20)17-19-15-5-1-2-6-16(15)24-17/h1-2,5-6,8,11-12H,3-4,7,9-10H2,(H,21,22). The number of piperidine rings is 1. The number of oxazole rings is 1. The normalized spacial score (nSPS) is 18.9. The number of rotatable bonds is 4. The number of hydrogen-bond acceptors (Lipinski definition) is 5. The molecule has 1 aliphatic rings. The first kappa shape index (κ1) is 15.0. The minimum Gasteiger partial charge on any atom is -0.478 e. The molecule has 0 spiro atoms. The topological polar surface area (TPSA) is 79.7 Å². The van der Waals surface area contributed by atoms with Crippen LogP contribution in [0.3, 0.4) is 0 Å². The van der Waals surface area contributed by atoms with Gasteiger partial charge in [0.2, 0.25) is 0 Å².